The number of likely N-dealkylation sites (tertiary alicyclic amines) is 1. The van der Waals surface area contributed by atoms with Gasteiger partial charge in [0.25, 0.3) is 0 Å². The molecule has 1 aliphatic heterocycles. The highest BCUT2D eigenvalue weighted by Gasteiger charge is 2.39. The second kappa shape index (κ2) is 4.89. The minimum Gasteiger partial charge on any atom is -0.310 e. The van der Waals surface area contributed by atoms with Crippen molar-refractivity contribution < 1.29 is 0 Å². The van der Waals surface area contributed by atoms with E-state index in [1.165, 1.54) is 51.5 Å². The topological polar surface area (TPSA) is 15.3 Å². The van der Waals surface area contributed by atoms with Crippen molar-refractivity contribution in [1.29, 1.82) is 0 Å². The third kappa shape index (κ3) is 2.85. The minimum atomic E-state index is 0.779. The van der Waals surface area contributed by atoms with Gasteiger partial charge in [-0.05, 0) is 44.9 Å². The van der Waals surface area contributed by atoms with Crippen LogP contribution in [-0.2, 0) is 0 Å². The summed E-state index contributed by atoms with van der Waals surface area (Å²) in [5.41, 5.74) is 0. The van der Waals surface area contributed by atoms with E-state index in [2.05, 4.69) is 24.1 Å². The highest BCUT2D eigenvalue weighted by molar-refractivity contribution is 4.97. The van der Waals surface area contributed by atoms with E-state index in [-0.39, 0.29) is 0 Å². The third-order valence-electron chi connectivity index (χ3n) is 5.05. The molecule has 1 heterocycles. The zero-order valence-electron chi connectivity index (χ0n) is 11.5. The molecular formula is C15H28N2. The first kappa shape index (κ1) is 12.0. The van der Waals surface area contributed by atoms with Gasteiger partial charge in [-0.3, -0.25) is 4.90 Å². The van der Waals surface area contributed by atoms with Crippen LogP contribution in [0.1, 0.15) is 58.8 Å². The van der Waals surface area contributed by atoms with Crippen molar-refractivity contribution in [3.05, 3.63) is 0 Å². The molecule has 17 heavy (non-hydrogen) atoms. The van der Waals surface area contributed by atoms with E-state index in [1.807, 2.05) is 0 Å². The number of nitrogens with one attached hydrogen (secondary N) is 1. The summed E-state index contributed by atoms with van der Waals surface area (Å²) in [7, 11) is 0. The second-order valence-corrected chi connectivity index (χ2v) is 6.84. The number of hydrogen-bond acceptors (Lipinski definition) is 2. The molecule has 2 nitrogen and oxygen atoms in total. The van der Waals surface area contributed by atoms with Crippen molar-refractivity contribution >= 4 is 0 Å². The van der Waals surface area contributed by atoms with Crippen LogP contribution >= 0.6 is 0 Å². The maximum Gasteiger partial charge on any atom is 0.0212 e. The largest absolute Gasteiger partial charge is 0.310 e. The molecule has 1 saturated heterocycles. The summed E-state index contributed by atoms with van der Waals surface area (Å²) < 4.78 is 0. The van der Waals surface area contributed by atoms with Crippen LogP contribution in [0.4, 0.5) is 0 Å². The molecule has 3 aliphatic rings. The van der Waals surface area contributed by atoms with E-state index in [4.69, 9.17) is 0 Å². The summed E-state index contributed by atoms with van der Waals surface area (Å²) in [6.07, 6.45) is 10.0. The summed E-state index contributed by atoms with van der Waals surface area (Å²) in [6, 6.07) is 3.36. The average molecular weight is 236 g/mol. The zero-order chi connectivity index (χ0) is 11.8. The minimum absolute atomic E-state index is 0.779. The Hall–Kier alpha value is -0.0800. The van der Waals surface area contributed by atoms with Crippen molar-refractivity contribution in [3.63, 3.8) is 0 Å². The molecule has 3 rings (SSSR count). The monoisotopic (exact) mass is 236 g/mol. The molecule has 3 fully saturated rings. The van der Waals surface area contributed by atoms with Crippen LogP contribution in [0.3, 0.4) is 0 Å². The van der Waals surface area contributed by atoms with E-state index in [9.17, 15) is 0 Å². The average Bonchev–Trinajstić information content (AvgIpc) is 3.04. The van der Waals surface area contributed by atoms with Gasteiger partial charge in [-0.25, -0.2) is 0 Å². The fourth-order valence-electron chi connectivity index (χ4n) is 4.01. The molecule has 0 bridgehead atoms. The first-order chi connectivity index (χ1) is 8.22. The molecule has 1 N–H and O–H groups in total. The Bertz CT molecular complexity index is 262. The first-order valence-electron chi connectivity index (χ1n) is 7.74. The molecule has 0 aromatic carbocycles. The second-order valence-electron chi connectivity index (χ2n) is 6.84. The maximum atomic E-state index is 3.95. The van der Waals surface area contributed by atoms with Crippen LogP contribution in [0.2, 0.25) is 0 Å². The van der Waals surface area contributed by atoms with Crippen LogP contribution in [0.15, 0.2) is 0 Å². The van der Waals surface area contributed by atoms with Gasteiger partial charge in [-0.2, -0.15) is 0 Å². The molecule has 0 amide bonds. The lowest BCUT2D eigenvalue weighted by atomic mass is 9.86. The van der Waals surface area contributed by atoms with Gasteiger partial charge in [-0.1, -0.05) is 19.8 Å². The highest BCUT2D eigenvalue weighted by Crippen LogP contribution is 2.34. The lowest BCUT2D eigenvalue weighted by Crippen LogP contribution is -2.42. The lowest BCUT2D eigenvalue weighted by Gasteiger charge is -2.30. The summed E-state index contributed by atoms with van der Waals surface area (Å²) in [4.78, 5) is 2.75. The Morgan fingerprint density at radius 2 is 1.76 bits per heavy atom. The zero-order valence-corrected chi connectivity index (χ0v) is 11.5. The van der Waals surface area contributed by atoms with E-state index in [0.29, 0.717) is 0 Å². The summed E-state index contributed by atoms with van der Waals surface area (Å²) in [6.45, 7) is 6.15. The predicted octanol–water partition coefficient (Wildman–Crippen LogP) is 2.78. The van der Waals surface area contributed by atoms with Gasteiger partial charge in [0.15, 0.2) is 0 Å². The number of hydrogen-bond donors (Lipinski definition) is 1. The maximum absolute atomic E-state index is 3.95. The van der Waals surface area contributed by atoms with Gasteiger partial charge in [0.1, 0.15) is 0 Å². The summed E-state index contributed by atoms with van der Waals surface area (Å²) in [5.74, 6) is 0.944. The van der Waals surface area contributed by atoms with Crippen LogP contribution in [0.5, 0.6) is 0 Å². The standard InChI is InChI=1S/C15H28N2/c1-11-4-3-5-13(8-11)16-14-9-12(2)17(10-14)15-6-7-15/h11-16H,3-10H2,1-2H3. The van der Waals surface area contributed by atoms with E-state index < -0.39 is 0 Å². The molecule has 0 aromatic rings. The fraction of sp³-hybridized carbons (Fsp3) is 1.00. The van der Waals surface area contributed by atoms with Crippen molar-refractivity contribution in [2.75, 3.05) is 6.54 Å². The van der Waals surface area contributed by atoms with Crippen molar-refractivity contribution in [1.82, 2.24) is 10.2 Å². The van der Waals surface area contributed by atoms with Crippen molar-refractivity contribution in [3.8, 4) is 0 Å². The normalized spacial score (nSPS) is 44.1. The van der Waals surface area contributed by atoms with Crippen LogP contribution < -0.4 is 5.32 Å². The Kier molecular flexibility index (Phi) is 3.45. The smallest absolute Gasteiger partial charge is 0.0212 e. The SMILES string of the molecule is CC1CCCC(NC2CC(C)N(C3CC3)C2)C1. The van der Waals surface area contributed by atoms with E-state index >= 15 is 0 Å². The van der Waals surface area contributed by atoms with Crippen molar-refractivity contribution in [2.24, 2.45) is 5.92 Å². The summed E-state index contributed by atoms with van der Waals surface area (Å²) >= 11 is 0. The lowest BCUT2D eigenvalue weighted by molar-refractivity contribution is 0.246. The summed E-state index contributed by atoms with van der Waals surface area (Å²) in [5, 5.41) is 3.95. The van der Waals surface area contributed by atoms with Gasteiger partial charge < -0.3 is 5.32 Å². The van der Waals surface area contributed by atoms with E-state index in [0.717, 1.165) is 30.1 Å². The quantitative estimate of drug-likeness (QED) is 0.810. The van der Waals surface area contributed by atoms with Crippen molar-refractivity contribution in [2.45, 2.75) is 83.0 Å². The highest BCUT2D eigenvalue weighted by atomic mass is 15.3. The molecule has 2 saturated carbocycles. The Morgan fingerprint density at radius 3 is 2.47 bits per heavy atom. The molecule has 2 heteroatoms. The predicted molar refractivity (Wildman–Crippen MR) is 72.2 cm³/mol. The Labute approximate surface area is 106 Å². The van der Waals surface area contributed by atoms with Crippen LogP contribution in [0.25, 0.3) is 0 Å². The fourth-order valence-corrected chi connectivity index (χ4v) is 4.01. The molecular weight excluding hydrogens is 208 g/mol. The Balaban J connectivity index is 1.49. The molecule has 0 radical (unpaired) electrons. The molecule has 0 aromatic heterocycles. The van der Waals surface area contributed by atoms with Crippen LogP contribution in [0, 0.1) is 5.92 Å². The first-order valence-corrected chi connectivity index (χ1v) is 7.74. The third-order valence-corrected chi connectivity index (χ3v) is 5.05. The van der Waals surface area contributed by atoms with E-state index in [1.54, 1.807) is 0 Å². The molecule has 0 spiro atoms. The molecule has 2 aliphatic carbocycles. The number of rotatable bonds is 3. The van der Waals surface area contributed by atoms with Gasteiger partial charge in [0.2, 0.25) is 0 Å². The molecule has 4 atom stereocenters. The van der Waals surface area contributed by atoms with Gasteiger partial charge in [0.05, 0.1) is 0 Å². The van der Waals surface area contributed by atoms with Gasteiger partial charge >= 0.3 is 0 Å². The molecule has 98 valence electrons. The Morgan fingerprint density at radius 1 is 0.941 bits per heavy atom. The van der Waals surface area contributed by atoms with Gasteiger partial charge in [-0.15, -0.1) is 0 Å². The van der Waals surface area contributed by atoms with Gasteiger partial charge in [0, 0.05) is 30.7 Å². The molecule has 4 unspecified atom stereocenters. The van der Waals surface area contributed by atoms with Crippen LogP contribution in [-0.4, -0.2) is 35.6 Å². The number of nitrogens with zero attached hydrogens (tertiary/aromatic N) is 1.